The van der Waals surface area contributed by atoms with Crippen molar-refractivity contribution in [2.45, 2.75) is 19.4 Å². The van der Waals surface area contributed by atoms with E-state index in [-0.39, 0.29) is 11.7 Å². The summed E-state index contributed by atoms with van der Waals surface area (Å²) in [6, 6.07) is 6.57. The molecule has 0 radical (unpaired) electrons. The number of halogens is 1. The lowest BCUT2D eigenvalue weighted by molar-refractivity contribution is -0.0350. The van der Waals surface area contributed by atoms with Gasteiger partial charge in [-0.2, -0.15) is 0 Å². The average Bonchev–Trinajstić information content (AvgIpc) is 3.32. The van der Waals surface area contributed by atoms with Crippen LogP contribution in [0.25, 0.3) is 0 Å². The molecular weight excluding hydrogens is 371 g/mol. The highest BCUT2D eigenvalue weighted by atomic mass is 32.1. The Labute approximate surface area is 158 Å². The number of aryl methyl sites for hydroxylation is 1. The molecule has 140 valence electrons. The Morgan fingerprint density at radius 2 is 2.22 bits per heavy atom. The summed E-state index contributed by atoms with van der Waals surface area (Å²) >= 11 is 1.35. The van der Waals surface area contributed by atoms with E-state index in [1.807, 2.05) is 0 Å². The number of nitrogens with zero attached hydrogens (tertiary/aromatic N) is 4. The Kier molecular flexibility index (Phi) is 4.95. The lowest BCUT2D eigenvalue weighted by atomic mass is 10.1. The number of hydrogen-bond donors (Lipinski definition) is 0. The third-order valence-electron chi connectivity index (χ3n) is 4.24. The fourth-order valence-corrected chi connectivity index (χ4v) is 3.67. The SMILES string of the molecule is Cc1nnc(C2CN(C(=O)c3csc(Cc4ccccc4F)n3)CCO2)o1. The Morgan fingerprint density at radius 1 is 1.37 bits per heavy atom. The maximum Gasteiger partial charge on any atom is 0.273 e. The molecule has 0 spiro atoms. The Morgan fingerprint density at radius 3 is 3.00 bits per heavy atom. The molecule has 1 amide bonds. The first-order valence-electron chi connectivity index (χ1n) is 8.49. The molecule has 27 heavy (non-hydrogen) atoms. The van der Waals surface area contributed by atoms with Crippen LogP contribution in [0.3, 0.4) is 0 Å². The predicted molar refractivity (Wildman–Crippen MR) is 95.0 cm³/mol. The highest BCUT2D eigenvalue weighted by Gasteiger charge is 2.30. The third kappa shape index (κ3) is 3.88. The van der Waals surface area contributed by atoms with Crippen LogP contribution in [0.15, 0.2) is 34.1 Å². The highest BCUT2D eigenvalue weighted by molar-refractivity contribution is 7.09. The monoisotopic (exact) mass is 388 g/mol. The number of carbonyl (C=O) groups excluding carboxylic acids is 1. The van der Waals surface area contributed by atoms with Crippen LogP contribution in [0.4, 0.5) is 4.39 Å². The molecule has 1 unspecified atom stereocenters. The molecule has 1 fully saturated rings. The van der Waals surface area contributed by atoms with E-state index in [9.17, 15) is 9.18 Å². The van der Waals surface area contributed by atoms with Crippen molar-refractivity contribution >= 4 is 17.2 Å². The average molecular weight is 388 g/mol. The van der Waals surface area contributed by atoms with E-state index in [2.05, 4.69) is 15.2 Å². The number of amides is 1. The van der Waals surface area contributed by atoms with Gasteiger partial charge in [0.05, 0.1) is 18.2 Å². The summed E-state index contributed by atoms with van der Waals surface area (Å²) in [6.07, 6.45) is -0.0853. The molecule has 1 saturated heterocycles. The van der Waals surface area contributed by atoms with Crippen molar-refractivity contribution in [3.63, 3.8) is 0 Å². The lowest BCUT2D eigenvalue weighted by Crippen LogP contribution is -2.42. The summed E-state index contributed by atoms with van der Waals surface area (Å²) in [5, 5.41) is 10.2. The quantitative estimate of drug-likeness (QED) is 0.684. The third-order valence-corrected chi connectivity index (χ3v) is 5.09. The van der Waals surface area contributed by atoms with Gasteiger partial charge < -0.3 is 14.1 Å². The minimum Gasteiger partial charge on any atom is -0.423 e. The van der Waals surface area contributed by atoms with E-state index in [0.717, 1.165) is 0 Å². The van der Waals surface area contributed by atoms with E-state index in [4.69, 9.17) is 9.15 Å². The van der Waals surface area contributed by atoms with Crippen molar-refractivity contribution in [2.75, 3.05) is 19.7 Å². The van der Waals surface area contributed by atoms with Crippen molar-refractivity contribution in [3.05, 3.63) is 63.5 Å². The minimum absolute atomic E-state index is 0.185. The maximum atomic E-state index is 13.8. The molecule has 1 aliphatic rings. The molecule has 0 bridgehead atoms. The van der Waals surface area contributed by atoms with Crippen molar-refractivity contribution in [1.29, 1.82) is 0 Å². The molecule has 0 saturated carbocycles. The topological polar surface area (TPSA) is 81.4 Å². The first-order valence-corrected chi connectivity index (χ1v) is 9.37. The standard InChI is InChI=1S/C18H17FN4O3S/c1-11-21-22-17(26-11)15-9-23(6-7-25-15)18(24)14-10-27-16(20-14)8-12-4-2-3-5-13(12)19/h2-5,10,15H,6-9H2,1H3. The number of thiazole rings is 1. The zero-order valence-corrected chi connectivity index (χ0v) is 15.4. The van der Waals surface area contributed by atoms with Crippen LogP contribution in [-0.4, -0.2) is 45.7 Å². The second-order valence-corrected chi connectivity index (χ2v) is 7.11. The van der Waals surface area contributed by atoms with Crippen LogP contribution >= 0.6 is 11.3 Å². The van der Waals surface area contributed by atoms with Crippen LogP contribution < -0.4 is 0 Å². The first kappa shape index (κ1) is 17.7. The number of morpholine rings is 1. The van der Waals surface area contributed by atoms with Gasteiger partial charge in [-0.05, 0) is 11.6 Å². The van der Waals surface area contributed by atoms with Crippen molar-refractivity contribution in [3.8, 4) is 0 Å². The summed E-state index contributed by atoms with van der Waals surface area (Å²) in [5.74, 6) is 0.361. The van der Waals surface area contributed by atoms with Crippen LogP contribution in [0.1, 0.15) is 38.9 Å². The van der Waals surface area contributed by atoms with Crippen molar-refractivity contribution < 1.29 is 18.3 Å². The second-order valence-electron chi connectivity index (χ2n) is 6.16. The summed E-state index contributed by atoms with van der Waals surface area (Å²) in [5.41, 5.74) is 0.915. The molecule has 3 aromatic rings. The molecule has 7 nitrogen and oxygen atoms in total. The zero-order chi connectivity index (χ0) is 18.8. The fourth-order valence-electron chi connectivity index (χ4n) is 2.88. The molecule has 1 aromatic carbocycles. The van der Waals surface area contributed by atoms with Crippen molar-refractivity contribution in [1.82, 2.24) is 20.1 Å². The number of aromatic nitrogens is 3. The van der Waals surface area contributed by atoms with Crippen LogP contribution in [0, 0.1) is 12.7 Å². The van der Waals surface area contributed by atoms with Gasteiger partial charge in [-0.3, -0.25) is 4.79 Å². The summed E-state index contributed by atoms with van der Waals surface area (Å²) < 4.78 is 24.9. The van der Waals surface area contributed by atoms with Gasteiger partial charge in [0.25, 0.3) is 5.91 Å². The van der Waals surface area contributed by atoms with Gasteiger partial charge in [0.1, 0.15) is 11.5 Å². The van der Waals surface area contributed by atoms with E-state index in [1.165, 1.54) is 17.4 Å². The van der Waals surface area contributed by atoms with E-state index in [1.54, 1.807) is 35.4 Å². The largest absolute Gasteiger partial charge is 0.423 e. The van der Waals surface area contributed by atoms with Gasteiger partial charge in [0, 0.05) is 25.3 Å². The number of rotatable bonds is 4. The van der Waals surface area contributed by atoms with Crippen LogP contribution in [0.5, 0.6) is 0 Å². The summed E-state index contributed by atoms with van der Waals surface area (Å²) in [7, 11) is 0. The molecule has 1 aliphatic heterocycles. The number of carbonyl (C=O) groups is 1. The summed E-state index contributed by atoms with van der Waals surface area (Å²) in [4.78, 5) is 18.8. The molecule has 2 aromatic heterocycles. The fraction of sp³-hybridized carbons (Fsp3) is 0.333. The maximum absolute atomic E-state index is 13.8. The van der Waals surface area contributed by atoms with Gasteiger partial charge >= 0.3 is 0 Å². The zero-order valence-electron chi connectivity index (χ0n) is 14.6. The van der Waals surface area contributed by atoms with Gasteiger partial charge in [-0.1, -0.05) is 18.2 Å². The highest BCUT2D eigenvalue weighted by Crippen LogP contribution is 2.23. The van der Waals surface area contributed by atoms with Gasteiger partial charge in [-0.25, -0.2) is 9.37 Å². The number of hydrogen-bond acceptors (Lipinski definition) is 7. The molecule has 4 rings (SSSR count). The van der Waals surface area contributed by atoms with Crippen LogP contribution in [0.2, 0.25) is 0 Å². The minimum atomic E-state index is -0.444. The molecular formula is C18H17FN4O3S. The van der Waals surface area contributed by atoms with E-state index in [0.29, 0.717) is 54.2 Å². The normalized spacial score (nSPS) is 17.3. The van der Waals surface area contributed by atoms with E-state index < -0.39 is 6.10 Å². The number of ether oxygens (including phenoxy) is 1. The Bertz CT molecular complexity index is 957. The smallest absolute Gasteiger partial charge is 0.273 e. The summed E-state index contributed by atoms with van der Waals surface area (Å²) in [6.45, 7) is 2.86. The van der Waals surface area contributed by atoms with Crippen LogP contribution in [-0.2, 0) is 11.2 Å². The van der Waals surface area contributed by atoms with Gasteiger partial charge in [-0.15, -0.1) is 21.5 Å². The molecule has 9 heteroatoms. The Hall–Kier alpha value is -2.65. The van der Waals surface area contributed by atoms with E-state index >= 15 is 0 Å². The lowest BCUT2D eigenvalue weighted by Gasteiger charge is -2.30. The predicted octanol–water partition coefficient (Wildman–Crippen LogP) is 2.78. The molecule has 0 N–H and O–H groups in total. The second kappa shape index (κ2) is 7.53. The number of benzene rings is 1. The first-order chi connectivity index (χ1) is 13.1. The Balaban J connectivity index is 1.45. The molecule has 0 aliphatic carbocycles. The molecule has 3 heterocycles. The van der Waals surface area contributed by atoms with Gasteiger partial charge in [0.2, 0.25) is 11.8 Å². The molecule has 1 atom stereocenters. The van der Waals surface area contributed by atoms with Gasteiger partial charge in [0.15, 0.2) is 6.10 Å². The van der Waals surface area contributed by atoms with Crippen molar-refractivity contribution in [2.24, 2.45) is 0 Å².